The van der Waals surface area contributed by atoms with Crippen molar-refractivity contribution in [1.29, 1.82) is 0 Å². The molecule has 4 aliphatic heterocycles. The highest BCUT2D eigenvalue weighted by Crippen LogP contribution is 2.46. The van der Waals surface area contributed by atoms with Crippen LogP contribution in [-0.4, -0.2) is 93.3 Å². The minimum Gasteiger partial charge on any atom is -0.457 e. The van der Waals surface area contributed by atoms with Crippen molar-refractivity contribution in [3.8, 4) is 0 Å². The molecule has 4 saturated heterocycles. The normalized spacial score (nSPS) is 51.8. The second-order valence-corrected chi connectivity index (χ2v) is 7.71. The fourth-order valence-corrected chi connectivity index (χ4v) is 4.22. The molecule has 10 atom stereocenters. The maximum absolute atomic E-state index is 11.2. The second kappa shape index (κ2) is 6.34. The third-order valence-corrected chi connectivity index (χ3v) is 5.43. The van der Waals surface area contributed by atoms with Crippen molar-refractivity contribution in [2.75, 3.05) is 0 Å². The average Bonchev–Trinajstić information content (AvgIpc) is 3.30. The van der Waals surface area contributed by atoms with Crippen molar-refractivity contribution in [3.63, 3.8) is 0 Å². The zero-order valence-electron chi connectivity index (χ0n) is 14.6. The lowest BCUT2D eigenvalue weighted by atomic mass is 10.0. The Morgan fingerprint density at radius 1 is 0.852 bits per heavy atom. The van der Waals surface area contributed by atoms with E-state index >= 15 is 0 Å². The lowest BCUT2D eigenvalue weighted by Gasteiger charge is -2.21. The van der Waals surface area contributed by atoms with Gasteiger partial charge >= 0.3 is 11.9 Å². The predicted molar refractivity (Wildman–Crippen MR) is 80.6 cm³/mol. The summed E-state index contributed by atoms with van der Waals surface area (Å²) in [7, 11) is 0. The van der Waals surface area contributed by atoms with E-state index in [1.807, 2.05) is 13.8 Å². The number of hydrogen-bond donors (Lipinski definition) is 4. The molecule has 0 spiro atoms. The average molecular weight is 390 g/mol. The van der Waals surface area contributed by atoms with Crippen LogP contribution in [-0.2, 0) is 33.3 Å². The summed E-state index contributed by atoms with van der Waals surface area (Å²) in [4.78, 5) is 21.9. The Kier molecular flexibility index (Phi) is 4.46. The number of aliphatic hydroxyl groups is 4. The lowest BCUT2D eigenvalue weighted by Crippen LogP contribution is -2.32. The van der Waals surface area contributed by atoms with E-state index in [9.17, 15) is 14.7 Å². The molecule has 1 saturated carbocycles. The van der Waals surface area contributed by atoms with Crippen LogP contribution in [0.2, 0.25) is 0 Å². The molecule has 0 aromatic heterocycles. The first-order valence-corrected chi connectivity index (χ1v) is 8.73. The van der Waals surface area contributed by atoms with Gasteiger partial charge < -0.3 is 44.1 Å². The van der Waals surface area contributed by atoms with E-state index in [2.05, 4.69) is 9.47 Å². The molecule has 2 unspecified atom stereocenters. The fraction of sp³-hybridized carbons (Fsp3) is 0.875. The summed E-state index contributed by atoms with van der Waals surface area (Å²) in [6, 6.07) is 0. The Hall–Kier alpha value is -1.34. The highest BCUT2D eigenvalue weighted by Gasteiger charge is 2.61. The zero-order chi connectivity index (χ0) is 19.7. The molecule has 4 N–H and O–H groups in total. The van der Waals surface area contributed by atoms with Crippen molar-refractivity contribution in [2.45, 2.75) is 81.2 Å². The first kappa shape index (κ1) is 19.0. The van der Waals surface area contributed by atoms with E-state index in [1.54, 1.807) is 0 Å². The number of esters is 2. The van der Waals surface area contributed by atoms with Gasteiger partial charge in [-0.15, -0.1) is 0 Å². The molecule has 152 valence electrons. The number of rotatable bonds is 0. The number of hydrogen-bond acceptors (Lipinski definition) is 11. The number of aliphatic hydroxyl groups excluding tert-OH is 4. The molecular formula is C16H22O11. The van der Waals surface area contributed by atoms with Crippen LogP contribution < -0.4 is 0 Å². The van der Waals surface area contributed by atoms with Gasteiger partial charge in [-0.25, -0.2) is 9.59 Å². The van der Waals surface area contributed by atoms with Gasteiger partial charge in [0, 0.05) is 5.92 Å². The van der Waals surface area contributed by atoms with Gasteiger partial charge in [0.05, 0.1) is 6.10 Å². The highest BCUT2D eigenvalue weighted by molar-refractivity contribution is 5.78. The van der Waals surface area contributed by atoms with Crippen LogP contribution in [0.1, 0.15) is 20.3 Å². The highest BCUT2D eigenvalue weighted by atomic mass is 16.8. The first-order valence-electron chi connectivity index (χ1n) is 8.73. The van der Waals surface area contributed by atoms with Crippen molar-refractivity contribution >= 4 is 11.9 Å². The van der Waals surface area contributed by atoms with Gasteiger partial charge in [-0.2, -0.15) is 0 Å². The summed E-state index contributed by atoms with van der Waals surface area (Å²) >= 11 is 0. The van der Waals surface area contributed by atoms with Gasteiger partial charge in [-0.05, 0) is 20.3 Å². The molecule has 4 heterocycles. The van der Waals surface area contributed by atoms with Gasteiger partial charge in [0.2, 0.25) is 0 Å². The lowest BCUT2D eigenvalue weighted by molar-refractivity contribution is -0.169. The summed E-state index contributed by atoms with van der Waals surface area (Å²) in [5.74, 6) is -2.13. The monoisotopic (exact) mass is 390 g/mol. The third-order valence-electron chi connectivity index (χ3n) is 5.43. The number of carbonyl (C=O) groups is 2. The standard InChI is InChI=1S/C10H14O5.C6H8O6/c1-10(2)14-5-3-4-6(11)9(12)13-7(4)8(5)15-10;7-1-3-4(12-5(1)9)2(8)6(10)11-3/h4-8,11H,3H2,1-2H3;1-5,7-9H/t4-,5+,6+,7+,8?;1-,2+,3-,4-,5?/m11/s1. The number of fused-ring (bicyclic) bond motifs is 4. The van der Waals surface area contributed by atoms with Crippen molar-refractivity contribution < 1.29 is 53.7 Å². The van der Waals surface area contributed by atoms with Crippen LogP contribution in [0.5, 0.6) is 0 Å². The molecule has 5 fully saturated rings. The fourth-order valence-electron chi connectivity index (χ4n) is 4.22. The SMILES string of the molecule is CC1(C)OC2[C@H](C[C@@H]3[C@H](O)C(=O)O[C@H]23)O1.O=C1O[C@H]2[C@H](OC(O)[C@@H]2O)[C@@H]1O. The van der Waals surface area contributed by atoms with E-state index in [4.69, 9.17) is 29.5 Å². The summed E-state index contributed by atoms with van der Waals surface area (Å²) in [6.45, 7) is 3.68. The third kappa shape index (κ3) is 3.03. The zero-order valence-corrected chi connectivity index (χ0v) is 14.6. The molecule has 11 nitrogen and oxygen atoms in total. The van der Waals surface area contributed by atoms with Crippen molar-refractivity contribution in [3.05, 3.63) is 0 Å². The minimum atomic E-state index is -1.40. The Balaban J connectivity index is 0.000000137. The van der Waals surface area contributed by atoms with Crippen LogP contribution in [0.25, 0.3) is 0 Å². The molecule has 5 aliphatic rings. The molecule has 11 heteroatoms. The molecule has 0 amide bonds. The maximum atomic E-state index is 11.2. The van der Waals surface area contributed by atoms with Gasteiger partial charge in [0.1, 0.15) is 24.4 Å². The van der Waals surface area contributed by atoms with Gasteiger partial charge in [0.15, 0.2) is 30.4 Å². The quantitative estimate of drug-likeness (QED) is 0.315. The Morgan fingerprint density at radius 3 is 2.15 bits per heavy atom. The first-order chi connectivity index (χ1) is 12.6. The van der Waals surface area contributed by atoms with E-state index in [-0.39, 0.29) is 24.2 Å². The molecule has 0 radical (unpaired) electrons. The van der Waals surface area contributed by atoms with Crippen LogP contribution in [0, 0.1) is 5.92 Å². The molecule has 27 heavy (non-hydrogen) atoms. The van der Waals surface area contributed by atoms with E-state index in [0.29, 0.717) is 6.42 Å². The molecule has 1 aliphatic carbocycles. The van der Waals surface area contributed by atoms with Gasteiger partial charge in [-0.1, -0.05) is 0 Å². The maximum Gasteiger partial charge on any atom is 0.338 e. The smallest absolute Gasteiger partial charge is 0.338 e. The predicted octanol–water partition coefficient (Wildman–Crippen LogP) is -2.84. The topological polar surface area (TPSA) is 161 Å². The molecular weight excluding hydrogens is 368 g/mol. The Bertz CT molecular complexity index is 636. The Morgan fingerprint density at radius 2 is 1.48 bits per heavy atom. The molecule has 0 aromatic rings. The van der Waals surface area contributed by atoms with Crippen molar-refractivity contribution in [2.24, 2.45) is 5.92 Å². The molecule has 5 rings (SSSR count). The summed E-state index contributed by atoms with van der Waals surface area (Å²) < 4.78 is 25.7. The summed E-state index contributed by atoms with van der Waals surface area (Å²) in [5, 5.41) is 36.7. The second-order valence-electron chi connectivity index (χ2n) is 7.71. The van der Waals surface area contributed by atoms with Crippen LogP contribution in [0.15, 0.2) is 0 Å². The summed E-state index contributed by atoms with van der Waals surface area (Å²) in [5.41, 5.74) is 0. The van der Waals surface area contributed by atoms with E-state index < -0.39 is 54.5 Å². The van der Waals surface area contributed by atoms with Crippen molar-refractivity contribution in [1.82, 2.24) is 0 Å². The van der Waals surface area contributed by atoms with Crippen LogP contribution in [0.4, 0.5) is 0 Å². The van der Waals surface area contributed by atoms with E-state index in [1.165, 1.54) is 0 Å². The van der Waals surface area contributed by atoms with Gasteiger partial charge in [-0.3, -0.25) is 0 Å². The van der Waals surface area contributed by atoms with E-state index in [0.717, 1.165) is 0 Å². The summed E-state index contributed by atoms with van der Waals surface area (Å²) in [6.07, 6.45) is -6.92. The number of carbonyl (C=O) groups excluding carboxylic acids is 2. The van der Waals surface area contributed by atoms with Crippen LogP contribution >= 0.6 is 0 Å². The van der Waals surface area contributed by atoms with Crippen LogP contribution in [0.3, 0.4) is 0 Å². The largest absolute Gasteiger partial charge is 0.457 e. The Labute approximate surface area is 153 Å². The molecule has 0 bridgehead atoms. The minimum absolute atomic E-state index is 0.0576. The molecule has 0 aromatic carbocycles. The van der Waals surface area contributed by atoms with Gasteiger partial charge in [0.25, 0.3) is 0 Å². The number of ether oxygens (including phenoxy) is 5.